The van der Waals surface area contributed by atoms with Gasteiger partial charge in [0.1, 0.15) is 0 Å². The molecule has 0 saturated heterocycles. The van der Waals surface area contributed by atoms with E-state index in [1.54, 1.807) is 0 Å². The number of aromatic nitrogens is 2. The van der Waals surface area contributed by atoms with Crippen LogP contribution < -0.4 is 5.73 Å². The van der Waals surface area contributed by atoms with E-state index in [2.05, 4.69) is 64.6 Å². The number of hydrogen-bond donors (Lipinski definition) is 2. The standard InChI is InChI=1S/C20H17N3.ClH/c21-17-10-16(17)13-6-8-18(22-11-13)12-5-7-15-14-3-1-2-4-19(14)23-20(15)9-12;/h1-9,11,16-17,23H,10,21H2;1H/t16-,17+;/m0./s1. The van der Waals surface area contributed by atoms with Crippen LogP contribution in [0, 0.1) is 0 Å². The molecule has 3 nitrogen and oxygen atoms in total. The highest BCUT2D eigenvalue weighted by molar-refractivity contribution is 6.08. The maximum atomic E-state index is 5.91. The molecule has 0 bridgehead atoms. The normalized spacial score (nSPS) is 19.4. The first-order valence-electron chi connectivity index (χ1n) is 8.02. The summed E-state index contributed by atoms with van der Waals surface area (Å²) in [6, 6.07) is 19.5. The van der Waals surface area contributed by atoms with Gasteiger partial charge in [-0.25, -0.2) is 0 Å². The number of halogens is 1. The SMILES string of the molecule is Cl.N[C@@H]1C[C@H]1c1ccc(-c2ccc3c(c2)[nH]c2ccccc23)nc1. The molecule has 2 atom stereocenters. The summed E-state index contributed by atoms with van der Waals surface area (Å²) in [5.41, 5.74) is 11.6. The average molecular weight is 336 g/mol. The van der Waals surface area contributed by atoms with Crippen LogP contribution in [0.5, 0.6) is 0 Å². The van der Waals surface area contributed by atoms with Crippen LogP contribution in [-0.4, -0.2) is 16.0 Å². The number of para-hydroxylation sites is 1. The lowest BCUT2D eigenvalue weighted by atomic mass is 10.1. The molecule has 4 heteroatoms. The molecule has 0 spiro atoms. The zero-order chi connectivity index (χ0) is 15.4. The molecule has 3 N–H and O–H groups in total. The van der Waals surface area contributed by atoms with Gasteiger partial charge in [-0.15, -0.1) is 12.4 Å². The second-order valence-electron chi connectivity index (χ2n) is 6.41. The quantitative estimate of drug-likeness (QED) is 0.561. The van der Waals surface area contributed by atoms with Gasteiger partial charge in [-0.3, -0.25) is 4.98 Å². The zero-order valence-electron chi connectivity index (χ0n) is 13.1. The van der Waals surface area contributed by atoms with Gasteiger partial charge in [-0.1, -0.05) is 36.4 Å². The molecule has 4 aromatic rings. The van der Waals surface area contributed by atoms with Crippen molar-refractivity contribution in [1.29, 1.82) is 0 Å². The Bertz CT molecular complexity index is 1020. The van der Waals surface area contributed by atoms with E-state index >= 15 is 0 Å². The molecule has 0 radical (unpaired) electrons. The lowest BCUT2D eigenvalue weighted by Gasteiger charge is -2.03. The number of H-pyrrole nitrogens is 1. The first kappa shape index (κ1) is 15.2. The van der Waals surface area contributed by atoms with Gasteiger partial charge < -0.3 is 10.7 Å². The molecule has 1 aliphatic rings. The van der Waals surface area contributed by atoms with E-state index in [0.717, 1.165) is 23.2 Å². The lowest BCUT2D eigenvalue weighted by molar-refractivity contribution is 0.981. The number of benzene rings is 2. The fourth-order valence-electron chi connectivity index (χ4n) is 3.41. The molecule has 120 valence electrons. The predicted octanol–water partition coefficient (Wildman–Crippen LogP) is 4.62. The topological polar surface area (TPSA) is 54.7 Å². The number of rotatable bonds is 2. The second-order valence-corrected chi connectivity index (χ2v) is 6.41. The van der Waals surface area contributed by atoms with Crippen molar-refractivity contribution in [3.63, 3.8) is 0 Å². The number of fused-ring (bicyclic) bond motifs is 3. The van der Waals surface area contributed by atoms with Gasteiger partial charge >= 0.3 is 0 Å². The summed E-state index contributed by atoms with van der Waals surface area (Å²) >= 11 is 0. The van der Waals surface area contributed by atoms with E-state index < -0.39 is 0 Å². The number of nitrogens with one attached hydrogen (secondary N) is 1. The molecular weight excluding hydrogens is 318 g/mol. The van der Waals surface area contributed by atoms with E-state index in [1.165, 1.54) is 21.9 Å². The van der Waals surface area contributed by atoms with Gasteiger partial charge in [0.15, 0.2) is 0 Å². The highest BCUT2D eigenvalue weighted by Crippen LogP contribution is 2.39. The highest BCUT2D eigenvalue weighted by Gasteiger charge is 2.34. The van der Waals surface area contributed by atoms with Gasteiger partial charge in [-0.05, 0) is 30.2 Å². The molecule has 24 heavy (non-hydrogen) atoms. The first-order chi connectivity index (χ1) is 11.3. The molecule has 0 aliphatic heterocycles. The Balaban J connectivity index is 0.00000146. The van der Waals surface area contributed by atoms with Crippen molar-refractivity contribution in [1.82, 2.24) is 9.97 Å². The molecule has 5 rings (SSSR count). The summed E-state index contributed by atoms with van der Waals surface area (Å²) in [6.07, 6.45) is 3.06. The Morgan fingerprint density at radius 3 is 2.50 bits per heavy atom. The maximum absolute atomic E-state index is 5.91. The van der Waals surface area contributed by atoms with E-state index in [0.29, 0.717) is 12.0 Å². The molecule has 1 saturated carbocycles. The molecule has 1 fully saturated rings. The van der Waals surface area contributed by atoms with Crippen molar-refractivity contribution >= 4 is 34.2 Å². The van der Waals surface area contributed by atoms with Gasteiger partial charge in [0.05, 0.1) is 5.69 Å². The van der Waals surface area contributed by atoms with E-state index in [9.17, 15) is 0 Å². The minimum Gasteiger partial charge on any atom is -0.354 e. The molecular formula is C20H18ClN3. The van der Waals surface area contributed by atoms with Gasteiger partial charge in [0.2, 0.25) is 0 Å². The van der Waals surface area contributed by atoms with Crippen molar-refractivity contribution in [2.75, 3.05) is 0 Å². The maximum Gasteiger partial charge on any atom is 0.0702 e. The molecule has 2 aromatic heterocycles. The smallest absolute Gasteiger partial charge is 0.0702 e. The zero-order valence-corrected chi connectivity index (χ0v) is 13.9. The molecule has 0 amide bonds. The third-order valence-corrected chi connectivity index (χ3v) is 4.86. The Kier molecular flexibility index (Phi) is 3.56. The third-order valence-electron chi connectivity index (χ3n) is 4.86. The summed E-state index contributed by atoms with van der Waals surface area (Å²) in [6.45, 7) is 0. The van der Waals surface area contributed by atoms with Crippen LogP contribution in [0.15, 0.2) is 60.8 Å². The number of pyridine rings is 1. The van der Waals surface area contributed by atoms with E-state index in [4.69, 9.17) is 5.73 Å². The second kappa shape index (κ2) is 5.62. The summed E-state index contributed by atoms with van der Waals surface area (Å²) in [5, 5.41) is 2.52. The fourth-order valence-corrected chi connectivity index (χ4v) is 3.41. The Labute approximate surface area is 146 Å². The minimum atomic E-state index is 0. The highest BCUT2D eigenvalue weighted by atomic mass is 35.5. The summed E-state index contributed by atoms with van der Waals surface area (Å²) in [4.78, 5) is 8.13. The van der Waals surface area contributed by atoms with Crippen LogP contribution in [0.3, 0.4) is 0 Å². The molecule has 2 aromatic carbocycles. The van der Waals surface area contributed by atoms with Crippen LogP contribution in [-0.2, 0) is 0 Å². The summed E-state index contributed by atoms with van der Waals surface area (Å²) in [5.74, 6) is 0.507. The van der Waals surface area contributed by atoms with Gasteiger partial charge in [0, 0.05) is 45.5 Å². The van der Waals surface area contributed by atoms with Crippen molar-refractivity contribution in [2.24, 2.45) is 5.73 Å². The molecule has 0 unspecified atom stereocenters. The number of aromatic amines is 1. The van der Waals surface area contributed by atoms with Crippen molar-refractivity contribution in [3.05, 3.63) is 66.4 Å². The number of hydrogen-bond acceptors (Lipinski definition) is 2. The van der Waals surface area contributed by atoms with E-state index in [1.807, 2.05) is 6.20 Å². The summed E-state index contributed by atoms with van der Waals surface area (Å²) in [7, 11) is 0. The molecule has 2 heterocycles. The van der Waals surface area contributed by atoms with Gasteiger partial charge in [-0.2, -0.15) is 0 Å². The van der Waals surface area contributed by atoms with Crippen LogP contribution in [0.4, 0.5) is 0 Å². The lowest BCUT2D eigenvalue weighted by Crippen LogP contribution is -2.01. The van der Waals surface area contributed by atoms with Crippen LogP contribution in [0.25, 0.3) is 33.1 Å². The van der Waals surface area contributed by atoms with Crippen molar-refractivity contribution < 1.29 is 0 Å². The number of nitrogens with two attached hydrogens (primary N) is 1. The largest absolute Gasteiger partial charge is 0.354 e. The van der Waals surface area contributed by atoms with E-state index in [-0.39, 0.29) is 12.4 Å². The first-order valence-corrected chi connectivity index (χ1v) is 8.02. The average Bonchev–Trinajstić information content (AvgIpc) is 3.21. The van der Waals surface area contributed by atoms with Crippen LogP contribution in [0.1, 0.15) is 17.9 Å². The Morgan fingerprint density at radius 2 is 1.75 bits per heavy atom. The number of nitrogens with zero attached hydrogens (tertiary/aromatic N) is 1. The van der Waals surface area contributed by atoms with Crippen molar-refractivity contribution in [3.8, 4) is 11.3 Å². The minimum absolute atomic E-state index is 0. The Morgan fingerprint density at radius 1 is 0.958 bits per heavy atom. The fraction of sp³-hybridized carbons (Fsp3) is 0.150. The third kappa shape index (κ3) is 2.37. The van der Waals surface area contributed by atoms with Crippen LogP contribution >= 0.6 is 12.4 Å². The van der Waals surface area contributed by atoms with Gasteiger partial charge in [0.25, 0.3) is 0 Å². The predicted molar refractivity (Wildman–Crippen MR) is 102 cm³/mol. The summed E-state index contributed by atoms with van der Waals surface area (Å²) < 4.78 is 0. The monoisotopic (exact) mass is 335 g/mol. The van der Waals surface area contributed by atoms with Crippen LogP contribution in [0.2, 0.25) is 0 Å². The van der Waals surface area contributed by atoms with Crippen molar-refractivity contribution in [2.45, 2.75) is 18.4 Å². The molecule has 1 aliphatic carbocycles. The Hall–Kier alpha value is -2.36.